The van der Waals surface area contributed by atoms with Gasteiger partial charge in [0.2, 0.25) is 0 Å². The first kappa shape index (κ1) is 16.8. The molecule has 18 heavy (non-hydrogen) atoms. The lowest BCUT2D eigenvalue weighted by Gasteiger charge is -2.17. The first-order chi connectivity index (χ1) is 8.20. The van der Waals surface area contributed by atoms with Gasteiger partial charge in [0.05, 0.1) is 6.10 Å². The van der Waals surface area contributed by atoms with Crippen molar-refractivity contribution in [3.63, 3.8) is 0 Å². The summed E-state index contributed by atoms with van der Waals surface area (Å²) >= 11 is 0. The van der Waals surface area contributed by atoms with Crippen LogP contribution < -0.4 is 10.9 Å². The summed E-state index contributed by atoms with van der Waals surface area (Å²) in [7, 11) is -4.67. The number of para-hydroxylation sites is 1. The lowest BCUT2D eigenvalue weighted by atomic mass is 10.2. The fourth-order valence-electron chi connectivity index (χ4n) is 0.839. The number of benzene rings is 1. The minimum absolute atomic E-state index is 0.0280. The molecule has 8 heteroatoms. The Balaban J connectivity index is 0.000000494. The predicted octanol–water partition coefficient (Wildman–Crippen LogP) is 0.720. The third-order valence-electron chi connectivity index (χ3n) is 1.94. The largest absolute Gasteiger partial charge is 0.394 e. The van der Waals surface area contributed by atoms with E-state index in [9.17, 15) is 5.11 Å². The summed E-state index contributed by atoms with van der Waals surface area (Å²) in [6.45, 7) is 3.67. The van der Waals surface area contributed by atoms with Gasteiger partial charge < -0.3 is 10.5 Å². The van der Waals surface area contributed by atoms with E-state index in [-0.39, 0.29) is 12.1 Å². The van der Waals surface area contributed by atoms with Crippen molar-refractivity contribution in [1.82, 2.24) is 5.43 Å². The second-order valence-electron chi connectivity index (χ2n) is 3.61. The summed E-state index contributed by atoms with van der Waals surface area (Å²) in [6, 6.07) is 9.82. The SMILES string of the molecule is CC(O)C(C)NNc1ccccc1.O=S(=O)(O)O. The van der Waals surface area contributed by atoms with Gasteiger partial charge >= 0.3 is 10.4 Å². The zero-order valence-electron chi connectivity index (χ0n) is 10.1. The zero-order chi connectivity index (χ0) is 14.2. The standard InChI is InChI=1S/C10H16N2O.H2O4S/c1-8(9(2)13)11-12-10-6-4-3-5-7-10;1-5(2,3)4/h3-9,11-13H,1-2H3;(H2,1,2,3,4). The number of aliphatic hydroxyl groups excluding tert-OH is 1. The molecule has 0 aliphatic carbocycles. The molecule has 1 aromatic rings. The molecule has 0 radical (unpaired) electrons. The molecule has 104 valence electrons. The molecule has 0 aliphatic heterocycles. The van der Waals surface area contributed by atoms with Gasteiger partial charge in [0.15, 0.2) is 0 Å². The molecular weight excluding hydrogens is 260 g/mol. The van der Waals surface area contributed by atoms with Crippen LogP contribution in [0.2, 0.25) is 0 Å². The molecule has 1 aromatic carbocycles. The van der Waals surface area contributed by atoms with Crippen LogP contribution in [0, 0.1) is 0 Å². The van der Waals surface area contributed by atoms with Crippen LogP contribution >= 0.6 is 0 Å². The van der Waals surface area contributed by atoms with Gasteiger partial charge in [-0.2, -0.15) is 8.42 Å². The van der Waals surface area contributed by atoms with Gasteiger partial charge in [-0.05, 0) is 26.0 Å². The smallest absolute Gasteiger partial charge is 0.392 e. The lowest BCUT2D eigenvalue weighted by molar-refractivity contribution is 0.157. The minimum atomic E-state index is -4.67. The van der Waals surface area contributed by atoms with E-state index in [0.717, 1.165) is 5.69 Å². The Morgan fingerprint density at radius 3 is 1.94 bits per heavy atom. The molecule has 2 unspecified atom stereocenters. The van der Waals surface area contributed by atoms with E-state index in [1.807, 2.05) is 37.3 Å². The molecule has 0 saturated heterocycles. The molecule has 5 N–H and O–H groups in total. The second-order valence-corrected chi connectivity index (χ2v) is 4.51. The quantitative estimate of drug-likeness (QED) is 0.406. The van der Waals surface area contributed by atoms with Crippen molar-refractivity contribution in [2.45, 2.75) is 26.0 Å². The molecule has 0 heterocycles. The van der Waals surface area contributed by atoms with Crippen LogP contribution in [0.15, 0.2) is 30.3 Å². The predicted molar refractivity (Wildman–Crippen MR) is 68.5 cm³/mol. The number of hydrazine groups is 1. The highest BCUT2D eigenvalue weighted by molar-refractivity contribution is 7.79. The molecule has 0 bridgehead atoms. The van der Waals surface area contributed by atoms with Crippen molar-refractivity contribution in [2.75, 3.05) is 5.43 Å². The molecule has 1 rings (SSSR count). The highest BCUT2D eigenvalue weighted by atomic mass is 32.3. The molecule has 0 aromatic heterocycles. The summed E-state index contributed by atoms with van der Waals surface area (Å²) in [5.74, 6) is 0. The molecule has 2 atom stereocenters. The van der Waals surface area contributed by atoms with Crippen molar-refractivity contribution in [2.24, 2.45) is 0 Å². The summed E-state index contributed by atoms with van der Waals surface area (Å²) < 4.78 is 31.6. The van der Waals surface area contributed by atoms with Crippen LogP contribution in [0.25, 0.3) is 0 Å². The third-order valence-corrected chi connectivity index (χ3v) is 1.94. The number of hydrogen-bond donors (Lipinski definition) is 5. The average molecular weight is 278 g/mol. The number of rotatable bonds is 4. The zero-order valence-corrected chi connectivity index (χ0v) is 10.9. The summed E-state index contributed by atoms with van der Waals surface area (Å²) in [5, 5.41) is 9.20. The minimum Gasteiger partial charge on any atom is -0.392 e. The molecule has 0 spiro atoms. The maximum atomic E-state index is 9.20. The van der Waals surface area contributed by atoms with Crippen LogP contribution in [0.4, 0.5) is 5.69 Å². The first-order valence-electron chi connectivity index (χ1n) is 5.14. The van der Waals surface area contributed by atoms with E-state index in [4.69, 9.17) is 17.5 Å². The Morgan fingerprint density at radius 2 is 1.56 bits per heavy atom. The normalized spacial score (nSPS) is 14.1. The Kier molecular flexibility index (Phi) is 7.48. The van der Waals surface area contributed by atoms with Crippen LogP contribution in [0.5, 0.6) is 0 Å². The highest BCUT2D eigenvalue weighted by Gasteiger charge is 2.06. The van der Waals surface area contributed by atoms with Gasteiger partial charge in [-0.3, -0.25) is 9.11 Å². The topological polar surface area (TPSA) is 119 Å². The van der Waals surface area contributed by atoms with E-state index in [1.165, 1.54) is 0 Å². The Labute approximate surface area is 106 Å². The average Bonchev–Trinajstić information content (AvgIpc) is 2.25. The fraction of sp³-hybridized carbons (Fsp3) is 0.400. The van der Waals surface area contributed by atoms with Crippen molar-refractivity contribution >= 4 is 16.1 Å². The van der Waals surface area contributed by atoms with Crippen LogP contribution in [0.3, 0.4) is 0 Å². The summed E-state index contributed by atoms with van der Waals surface area (Å²) in [4.78, 5) is 0. The van der Waals surface area contributed by atoms with Crippen LogP contribution in [-0.4, -0.2) is 34.8 Å². The monoisotopic (exact) mass is 278 g/mol. The fourth-order valence-corrected chi connectivity index (χ4v) is 0.839. The van der Waals surface area contributed by atoms with E-state index in [2.05, 4.69) is 10.9 Å². The molecule has 0 amide bonds. The molecule has 0 fully saturated rings. The van der Waals surface area contributed by atoms with E-state index < -0.39 is 10.4 Å². The number of hydrogen-bond acceptors (Lipinski definition) is 5. The maximum Gasteiger partial charge on any atom is 0.394 e. The van der Waals surface area contributed by atoms with Gasteiger partial charge in [-0.15, -0.1) is 0 Å². The maximum absolute atomic E-state index is 9.20. The third kappa shape index (κ3) is 11.3. The van der Waals surface area contributed by atoms with Gasteiger partial charge in [0.25, 0.3) is 0 Å². The van der Waals surface area contributed by atoms with Gasteiger partial charge in [-0.25, -0.2) is 5.43 Å². The summed E-state index contributed by atoms with van der Waals surface area (Å²) in [6.07, 6.45) is -0.365. The Hall–Kier alpha value is -1.19. The van der Waals surface area contributed by atoms with Crippen LogP contribution in [0.1, 0.15) is 13.8 Å². The van der Waals surface area contributed by atoms with Gasteiger partial charge in [0, 0.05) is 11.7 Å². The highest BCUT2D eigenvalue weighted by Crippen LogP contribution is 2.03. The van der Waals surface area contributed by atoms with Crippen molar-refractivity contribution in [3.8, 4) is 0 Å². The van der Waals surface area contributed by atoms with E-state index in [0.29, 0.717) is 0 Å². The molecule has 0 aliphatic rings. The van der Waals surface area contributed by atoms with Crippen molar-refractivity contribution in [1.29, 1.82) is 0 Å². The van der Waals surface area contributed by atoms with Crippen molar-refractivity contribution < 1.29 is 22.6 Å². The number of nitrogens with one attached hydrogen (secondary N) is 2. The van der Waals surface area contributed by atoms with Gasteiger partial charge in [-0.1, -0.05) is 18.2 Å². The lowest BCUT2D eigenvalue weighted by Crippen LogP contribution is -2.39. The second kappa shape index (κ2) is 8.01. The van der Waals surface area contributed by atoms with Crippen molar-refractivity contribution in [3.05, 3.63) is 30.3 Å². The van der Waals surface area contributed by atoms with Crippen LogP contribution in [-0.2, 0) is 10.4 Å². The van der Waals surface area contributed by atoms with E-state index >= 15 is 0 Å². The number of anilines is 1. The molecular formula is C10H18N2O5S. The van der Waals surface area contributed by atoms with Gasteiger partial charge in [0.1, 0.15) is 0 Å². The Morgan fingerprint density at radius 1 is 1.11 bits per heavy atom. The first-order valence-corrected chi connectivity index (χ1v) is 6.54. The summed E-state index contributed by atoms with van der Waals surface area (Å²) in [5.41, 5.74) is 7.01. The molecule has 0 saturated carbocycles. The van der Waals surface area contributed by atoms with E-state index in [1.54, 1.807) is 6.92 Å². The molecule has 7 nitrogen and oxygen atoms in total. The Bertz CT molecular complexity index is 413. The number of aliphatic hydroxyl groups is 1.